The SMILES string of the molecule is CCNC(=NCC(=O)N(C)CC(F)(F)F)NCCN(C(C)C)C(C)C. The van der Waals surface area contributed by atoms with Crippen LogP contribution in [0.2, 0.25) is 0 Å². The van der Waals surface area contributed by atoms with Crippen LogP contribution in [-0.4, -0.2) is 79.7 Å². The number of likely N-dealkylation sites (N-methyl/N-ethyl adjacent to an activating group) is 1. The molecule has 0 aromatic rings. The van der Waals surface area contributed by atoms with E-state index >= 15 is 0 Å². The largest absolute Gasteiger partial charge is 0.406 e. The van der Waals surface area contributed by atoms with Gasteiger partial charge >= 0.3 is 6.18 Å². The van der Waals surface area contributed by atoms with Gasteiger partial charge in [-0.1, -0.05) is 0 Å². The van der Waals surface area contributed by atoms with Crippen molar-refractivity contribution in [3.63, 3.8) is 0 Å². The van der Waals surface area contributed by atoms with Crippen molar-refractivity contribution in [3.05, 3.63) is 0 Å². The Labute approximate surface area is 148 Å². The molecule has 0 aliphatic carbocycles. The molecule has 2 N–H and O–H groups in total. The molecule has 0 aliphatic heterocycles. The number of hydrogen-bond acceptors (Lipinski definition) is 3. The molecule has 0 heterocycles. The minimum absolute atomic E-state index is 0.333. The van der Waals surface area contributed by atoms with Gasteiger partial charge in [-0.15, -0.1) is 0 Å². The molecule has 0 rings (SSSR count). The summed E-state index contributed by atoms with van der Waals surface area (Å²) in [6.45, 7) is 10.8. The third kappa shape index (κ3) is 10.9. The number of halogens is 3. The molecule has 25 heavy (non-hydrogen) atoms. The number of rotatable bonds is 9. The number of aliphatic imine (C=N–C) groups is 1. The number of nitrogens with zero attached hydrogens (tertiary/aromatic N) is 3. The highest BCUT2D eigenvalue weighted by atomic mass is 19.4. The quantitative estimate of drug-likeness (QED) is 0.481. The fourth-order valence-electron chi connectivity index (χ4n) is 2.38. The Morgan fingerprint density at radius 3 is 2.12 bits per heavy atom. The molecule has 0 saturated carbocycles. The summed E-state index contributed by atoms with van der Waals surface area (Å²) in [5.41, 5.74) is 0. The molecule has 0 aliphatic rings. The Hall–Kier alpha value is -1.51. The van der Waals surface area contributed by atoms with Gasteiger partial charge in [0.15, 0.2) is 5.96 Å². The average molecular weight is 367 g/mol. The van der Waals surface area contributed by atoms with Crippen LogP contribution in [-0.2, 0) is 4.79 Å². The van der Waals surface area contributed by atoms with Crippen molar-refractivity contribution in [1.82, 2.24) is 20.4 Å². The Morgan fingerprint density at radius 1 is 1.12 bits per heavy atom. The van der Waals surface area contributed by atoms with Crippen LogP contribution in [0, 0.1) is 0 Å². The molecule has 0 radical (unpaired) electrons. The summed E-state index contributed by atoms with van der Waals surface area (Å²) in [6.07, 6.45) is -4.41. The maximum atomic E-state index is 12.3. The van der Waals surface area contributed by atoms with Gasteiger partial charge in [0.25, 0.3) is 0 Å². The number of nitrogens with one attached hydrogen (secondary N) is 2. The molecule has 0 atom stereocenters. The van der Waals surface area contributed by atoms with E-state index in [1.165, 1.54) is 0 Å². The molecule has 0 fully saturated rings. The first-order chi connectivity index (χ1) is 11.5. The van der Waals surface area contributed by atoms with E-state index < -0.39 is 18.6 Å². The standard InChI is InChI=1S/C16H32F3N5O/c1-7-20-15(21-8-9-24(12(2)3)13(4)5)22-10-14(25)23(6)11-16(17,18)19/h12-13H,7-11H2,1-6H3,(H2,20,21,22). The van der Waals surface area contributed by atoms with Crippen LogP contribution < -0.4 is 10.6 Å². The molecule has 0 aromatic heterocycles. The molecule has 6 nitrogen and oxygen atoms in total. The highest BCUT2D eigenvalue weighted by Gasteiger charge is 2.31. The van der Waals surface area contributed by atoms with E-state index in [9.17, 15) is 18.0 Å². The first-order valence-corrected chi connectivity index (χ1v) is 8.56. The number of alkyl halides is 3. The van der Waals surface area contributed by atoms with E-state index in [1.54, 1.807) is 0 Å². The summed E-state index contributed by atoms with van der Waals surface area (Å²) in [4.78, 5) is 18.7. The molecule has 0 bridgehead atoms. The van der Waals surface area contributed by atoms with Crippen LogP contribution in [0.15, 0.2) is 4.99 Å². The number of hydrogen-bond donors (Lipinski definition) is 2. The van der Waals surface area contributed by atoms with E-state index in [4.69, 9.17) is 0 Å². The number of carbonyl (C=O) groups is 1. The summed E-state index contributed by atoms with van der Waals surface area (Å²) >= 11 is 0. The van der Waals surface area contributed by atoms with E-state index in [0.29, 0.717) is 36.0 Å². The normalized spacial score (nSPS) is 12.9. The Morgan fingerprint density at radius 2 is 1.68 bits per heavy atom. The van der Waals surface area contributed by atoms with Gasteiger partial charge in [0.05, 0.1) is 0 Å². The summed E-state index contributed by atoms with van der Waals surface area (Å²) in [7, 11) is 1.12. The Balaban J connectivity index is 4.57. The van der Waals surface area contributed by atoms with E-state index in [0.717, 1.165) is 13.6 Å². The van der Waals surface area contributed by atoms with E-state index in [2.05, 4.69) is 48.2 Å². The zero-order valence-electron chi connectivity index (χ0n) is 16.1. The zero-order chi connectivity index (χ0) is 19.6. The van der Waals surface area contributed by atoms with Gasteiger partial charge in [-0.25, -0.2) is 4.99 Å². The molecular weight excluding hydrogens is 335 g/mol. The van der Waals surface area contributed by atoms with Crippen molar-refractivity contribution in [2.75, 3.05) is 39.8 Å². The van der Waals surface area contributed by atoms with Crippen molar-refractivity contribution in [3.8, 4) is 0 Å². The Bertz CT molecular complexity index is 416. The first-order valence-electron chi connectivity index (χ1n) is 8.56. The summed E-state index contributed by atoms with van der Waals surface area (Å²) < 4.78 is 36.9. The molecule has 0 spiro atoms. The van der Waals surface area contributed by atoms with Crippen LogP contribution >= 0.6 is 0 Å². The molecular formula is C16H32F3N5O. The third-order valence-electron chi connectivity index (χ3n) is 3.55. The maximum absolute atomic E-state index is 12.3. The van der Waals surface area contributed by atoms with Crippen molar-refractivity contribution in [2.24, 2.45) is 4.99 Å². The molecule has 0 aromatic carbocycles. The summed E-state index contributed by atoms with van der Waals surface area (Å²) in [6, 6.07) is 0.804. The summed E-state index contributed by atoms with van der Waals surface area (Å²) in [5, 5.41) is 6.09. The maximum Gasteiger partial charge on any atom is 0.406 e. The van der Waals surface area contributed by atoms with E-state index in [1.807, 2.05) is 6.92 Å². The lowest BCUT2D eigenvalue weighted by atomic mass is 10.2. The lowest BCUT2D eigenvalue weighted by Crippen LogP contribution is -2.45. The van der Waals surface area contributed by atoms with Crippen molar-refractivity contribution >= 4 is 11.9 Å². The monoisotopic (exact) mass is 367 g/mol. The number of amides is 1. The first kappa shape index (κ1) is 23.5. The van der Waals surface area contributed by atoms with Crippen LogP contribution in [0.3, 0.4) is 0 Å². The fraction of sp³-hybridized carbons (Fsp3) is 0.875. The number of carbonyl (C=O) groups excluding carboxylic acids is 1. The second kappa shape index (κ2) is 11.2. The van der Waals surface area contributed by atoms with Gasteiger partial charge in [0, 0.05) is 38.8 Å². The molecule has 148 valence electrons. The molecule has 0 saturated heterocycles. The fourth-order valence-corrected chi connectivity index (χ4v) is 2.38. The van der Waals surface area contributed by atoms with Gasteiger partial charge in [-0.05, 0) is 34.6 Å². The van der Waals surface area contributed by atoms with Crippen molar-refractivity contribution < 1.29 is 18.0 Å². The lowest BCUT2D eigenvalue weighted by Gasteiger charge is -2.30. The minimum atomic E-state index is -4.41. The second-order valence-electron chi connectivity index (χ2n) is 6.41. The predicted molar refractivity (Wildman–Crippen MR) is 94.7 cm³/mol. The minimum Gasteiger partial charge on any atom is -0.357 e. The van der Waals surface area contributed by atoms with Gasteiger partial charge in [-0.2, -0.15) is 13.2 Å². The summed E-state index contributed by atoms with van der Waals surface area (Å²) in [5.74, 6) is -0.260. The van der Waals surface area contributed by atoms with Crippen molar-refractivity contribution in [1.29, 1.82) is 0 Å². The molecule has 9 heteroatoms. The lowest BCUT2D eigenvalue weighted by molar-refractivity contribution is -0.157. The third-order valence-corrected chi connectivity index (χ3v) is 3.55. The highest BCUT2D eigenvalue weighted by Crippen LogP contribution is 2.15. The highest BCUT2D eigenvalue weighted by molar-refractivity contribution is 5.84. The van der Waals surface area contributed by atoms with E-state index in [-0.39, 0.29) is 6.54 Å². The van der Waals surface area contributed by atoms with Crippen LogP contribution in [0.25, 0.3) is 0 Å². The van der Waals surface area contributed by atoms with Gasteiger partial charge < -0.3 is 15.5 Å². The topological polar surface area (TPSA) is 60.0 Å². The number of guanidine groups is 1. The average Bonchev–Trinajstić information content (AvgIpc) is 2.45. The van der Waals surface area contributed by atoms with Gasteiger partial charge in [0.1, 0.15) is 13.1 Å². The van der Waals surface area contributed by atoms with Crippen LogP contribution in [0.5, 0.6) is 0 Å². The van der Waals surface area contributed by atoms with Gasteiger partial charge in [0.2, 0.25) is 5.91 Å². The second-order valence-corrected chi connectivity index (χ2v) is 6.41. The van der Waals surface area contributed by atoms with Crippen molar-refractivity contribution in [2.45, 2.75) is 52.9 Å². The van der Waals surface area contributed by atoms with Gasteiger partial charge in [-0.3, -0.25) is 9.69 Å². The zero-order valence-corrected chi connectivity index (χ0v) is 16.1. The molecule has 0 unspecified atom stereocenters. The predicted octanol–water partition coefficient (Wildman–Crippen LogP) is 1.68. The molecule has 1 amide bonds. The Kier molecular flexibility index (Phi) is 10.5. The smallest absolute Gasteiger partial charge is 0.357 e. The van der Waals surface area contributed by atoms with Crippen LogP contribution in [0.1, 0.15) is 34.6 Å². The van der Waals surface area contributed by atoms with Crippen LogP contribution in [0.4, 0.5) is 13.2 Å².